The Morgan fingerprint density at radius 2 is 2.45 bits per heavy atom. The molecule has 0 saturated carbocycles. The van der Waals surface area contributed by atoms with Crippen LogP contribution in [-0.2, 0) is 11.2 Å². The maximum atomic E-state index is 12.2. The van der Waals surface area contributed by atoms with Gasteiger partial charge in [0.25, 0.3) is 0 Å². The highest BCUT2D eigenvalue weighted by molar-refractivity contribution is 7.09. The maximum Gasteiger partial charge on any atom is 0.222 e. The van der Waals surface area contributed by atoms with Gasteiger partial charge in [-0.05, 0) is 52.1 Å². The van der Waals surface area contributed by atoms with E-state index >= 15 is 0 Å². The first kappa shape index (κ1) is 15.4. The Balaban J connectivity index is 1.71. The van der Waals surface area contributed by atoms with E-state index in [0.717, 1.165) is 49.6 Å². The van der Waals surface area contributed by atoms with Gasteiger partial charge in [0.15, 0.2) is 0 Å². The number of piperidine rings is 1. The second kappa shape index (κ2) is 7.74. The molecular formula is C15H25N3OS. The fraction of sp³-hybridized carbons (Fsp3) is 0.733. The molecule has 20 heavy (non-hydrogen) atoms. The van der Waals surface area contributed by atoms with Gasteiger partial charge in [-0.15, -0.1) is 11.3 Å². The monoisotopic (exact) mass is 295 g/mol. The van der Waals surface area contributed by atoms with E-state index in [9.17, 15) is 4.79 Å². The Kier molecular flexibility index (Phi) is 5.98. The Hall–Kier alpha value is -0.940. The summed E-state index contributed by atoms with van der Waals surface area (Å²) < 4.78 is 0. The molecule has 5 heteroatoms. The Morgan fingerprint density at radius 3 is 3.15 bits per heavy atom. The minimum atomic E-state index is 0.317. The number of hydrogen-bond acceptors (Lipinski definition) is 4. The van der Waals surface area contributed by atoms with E-state index in [1.807, 2.05) is 14.0 Å². The standard InChI is InChI=1S/C15H25N3OS/c1-12-17-14(11-20-12)6-3-7-15(19)18-8-4-5-13(10-18)9-16-2/h11,13,16H,3-10H2,1-2H3. The molecule has 0 radical (unpaired) electrons. The highest BCUT2D eigenvalue weighted by Gasteiger charge is 2.22. The Bertz CT molecular complexity index is 431. The molecule has 1 amide bonds. The van der Waals surface area contributed by atoms with Crippen LogP contribution in [-0.4, -0.2) is 42.5 Å². The first-order valence-electron chi connectivity index (χ1n) is 7.52. The van der Waals surface area contributed by atoms with E-state index in [1.165, 1.54) is 6.42 Å². The Labute approximate surface area is 125 Å². The lowest BCUT2D eigenvalue weighted by atomic mass is 9.97. The molecule has 1 atom stereocenters. The third-order valence-electron chi connectivity index (χ3n) is 3.85. The normalized spacial score (nSPS) is 19.3. The molecule has 4 nitrogen and oxygen atoms in total. The molecule has 1 aromatic heterocycles. The fourth-order valence-corrected chi connectivity index (χ4v) is 3.50. The third kappa shape index (κ3) is 4.56. The number of rotatable bonds is 6. The molecule has 0 bridgehead atoms. The van der Waals surface area contributed by atoms with Crippen LogP contribution in [0.1, 0.15) is 36.4 Å². The van der Waals surface area contributed by atoms with Crippen molar-refractivity contribution in [2.45, 2.75) is 39.0 Å². The van der Waals surface area contributed by atoms with E-state index in [0.29, 0.717) is 18.2 Å². The zero-order valence-electron chi connectivity index (χ0n) is 12.5. The summed E-state index contributed by atoms with van der Waals surface area (Å²) in [5.74, 6) is 0.941. The van der Waals surface area contributed by atoms with Crippen LogP contribution in [0, 0.1) is 12.8 Å². The average molecular weight is 295 g/mol. The summed E-state index contributed by atoms with van der Waals surface area (Å²) in [7, 11) is 1.98. The van der Waals surface area contributed by atoms with Crippen molar-refractivity contribution in [2.24, 2.45) is 5.92 Å². The van der Waals surface area contributed by atoms with Gasteiger partial charge < -0.3 is 10.2 Å². The summed E-state index contributed by atoms with van der Waals surface area (Å²) in [6.45, 7) is 4.90. The van der Waals surface area contributed by atoms with Crippen LogP contribution in [0.2, 0.25) is 0 Å². The zero-order chi connectivity index (χ0) is 14.4. The van der Waals surface area contributed by atoms with Crippen molar-refractivity contribution >= 4 is 17.2 Å². The molecule has 1 aromatic rings. The third-order valence-corrected chi connectivity index (χ3v) is 4.68. The van der Waals surface area contributed by atoms with Crippen LogP contribution in [0.3, 0.4) is 0 Å². The van der Waals surface area contributed by atoms with Gasteiger partial charge in [-0.2, -0.15) is 0 Å². The first-order chi connectivity index (χ1) is 9.69. The molecule has 1 N–H and O–H groups in total. The molecule has 1 aliphatic rings. The number of nitrogens with zero attached hydrogens (tertiary/aromatic N) is 2. The molecule has 2 heterocycles. The molecular weight excluding hydrogens is 270 g/mol. The lowest BCUT2D eigenvalue weighted by Gasteiger charge is -2.32. The van der Waals surface area contributed by atoms with Gasteiger partial charge in [0.05, 0.1) is 10.7 Å². The van der Waals surface area contributed by atoms with E-state index in [2.05, 4.69) is 20.6 Å². The number of likely N-dealkylation sites (tertiary alicyclic amines) is 1. The minimum Gasteiger partial charge on any atom is -0.342 e. The van der Waals surface area contributed by atoms with Crippen LogP contribution in [0.15, 0.2) is 5.38 Å². The van der Waals surface area contributed by atoms with E-state index < -0.39 is 0 Å². The summed E-state index contributed by atoms with van der Waals surface area (Å²) in [5, 5.41) is 6.43. The molecule has 2 rings (SSSR count). The number of nitrogens with one attached hydrogen (secondary N) is 1. The van der Waals surface area contributed by atoms with Gasteiger partial charge >= 0.3 is 0 Å². The molecule has 112 valence electrons. The smallest absolute Gasteiger partial charge is 0.222 e. The van der Waals surface area contributed by atoms with Crippen LogP contribution in [0.4, 0.5) is 0 Å². The van der Waals surface area contributed by atoms with Crippen molar-refractivity contribution in [1.29, 1.82) is 0 Å². The second-order valence-corrected chi connectivity index (χ2v) is 6.68. The van der Waals surface area contributed by atoms with Gasteiger partial charge in [0, 0.05) is 24.9 Å². The summed E-state index contributed by atoms with van der Waals surface area (Å²) >= 11 is 1.68. The topological polar surface area (TPSA) is 45.2 Å². The minimum absolute atomic E-state index is 0.317. The van der Waals surface area contributed by atoms with Gasteiger partial charge in [0.2, 0.25) is 5.91 Å². The van der Waals surface area contributed by atoms with Crippen LogP contribution in [0.25, 0.3) is 0 Å². The molecule has 0 aliphatic carbocycles. The van der Waals surface area contributed by atoms with Gasteiger partial charge in [-0.25, -0.2) is 4.98 Å². The fourth-order valence-electron chi connectivity index (χ4n) is 2.85. The maximum absolute atomic E-state index is 12.2. The number of amides is 1. The molecule has 1 aliphatic heterocycles. The number of carbonyl (C=O) groups excluding carboxylic acids is 1. The number of aromatic nitrogens is 1. The highest BCUT2D eigenvalue weighted by Crippen LogP contribution is 2.17. The quantitative estimate of drug-likeness (QED) is 0.875. The van der Waals surface area contributed by atoms with Gasteiger partial charge in [-0.1, -0.05) is 0 Å². The van der Waals surface area contributed by atoms with E-state index in [-0.39, 0.29) is 0 Å². The molecule has 1 fully saturated rings. The van der Waals surface area contributed by atoms with Crippen molar-refractivity contribution in [3.05, 3.63) is 16.1 Å². The average Bonchev–Trinajstić information content (AvgIpc) is 2.85. The number of carbonyl (C=O) groups is 1. The SMILES string of the molecule is CNCC1CCCN(C(=O)CCCc2csc(C)n2)C1. The molecule has 1 unspecified atom stereocenters. The van der Waals surface area contributed by atoms with Gasteiger partial charge in [0.1, 0.15) is 0 Å². The van der Waals surface area contributed by atoms with Crippen molar-refractivity contribution in [3.8, 4) is 0 Å². The summed E-state index contributed by atoms with van der Waals surface area (Å²) in [5.41, 5.74) is 1.13. The Morgan fingerprint density at radius 1 is 1.60 bits per heavy atom. The molecule has 0 aromatic carbocycles. The number of aryl methyl sites for hydroxylation is 2. The van der Waals surface area contributed by atoms with Crippen LogP contribution in [0.5, 0.6) is 0 Å². The summed E-state index contributed by atoms with van der Waals surface area (Å²) in [6.07, 6.45) is 4.87. The first-order valence-corrected chi connectivity index (χ1v) is 8.40. The van der Waals surface area contributed by atoms with Gasteiger partial charge in [-0.3, -0.25) is 4.79 Å². The summed E-state index contributed by atoms with van der Waals surface area (Å²) in [6, 6.07) is 0. The predicted molar refractivity (Wildman–Crippen MR) is 83.0 cm³/mol. The lowest BCUT2D eigenvalue weighted by molar-refractivity contribution is -0.133. The zero-order valence-corrected chi connectivity index (χ0v) is 13.3. The van der Waals surface area contributed by atoms with Crippen molar-refractivity contribution < 1.29 is 4.79 Å². The number of thiazole rings is 1. The van der Waals surface area contributed by atoms with Crippen LogP contribution < -0.4 is 5.32 Å². The van der Waals surface area contributed by atoms with E-state index in [1.54, 1.807) is 11.3 Å². The van der Waals surface area contributed by atoms with Crippen molar-refractivity contribution in [3.63, 3.8) is 0 Å². The van der Waals surface area contributed by atoms with E-state index in [4.69, 9.17) is 0 Å². The molecule has 1 saturated heterocycles. The second-order valence-electron chi connectivity index (χ2n) is 5.62. The number of hydrogen-bond donors (Lipinski definition) is 1. The highest BCUT2D eigenvalue weighted by atomic mass is 32.1. The predicted octanol–water partition coefficient (Wildman–Crippen LogP) is 2.23. The lowest BCUT2D eigenvalue weighted by Crippen LogP contribution is -2.42. The van der Waals surface area contributed by atoms with Crippen molar-refractivity contribution in [2.75, 3.05) is 26.7 Å². The summed E-state index contributed by atoms with van der Waals surface area (Å²) in [4.78, 5) is 18.7. The molecule has 0 spiro atoms. The van der Waals surface area contributed by atoms with Crippen molar-refractivity contribution in [1.82, 2.24) is 15.2 Å². The largest absolute Gasteiger partial charge is 0.342 e. The van der Waals surface area contributed by atoms with Crippen LogP contribution >= 0.6 is 11.3 Å².